The third-order valence-electron chi connectivity index (χ3n) is 2.00. The first kappa shape index (κ1) is 11.6. The van der Waals surface area contributed by atoms with Crippen molar-refractivity contribution >= 4 is 29.3 Å². The molecule has 0 unspecified atom stereocenters. The average molecular weight is 225 g/mol. The molecule has 0 spiro atoms. The molecule has 1 aromatic carbocycles. The molecule has 0 aliphatic carbocycles. The van der Waals surface area contributed by atoms with E-state index in [0.29, 0.717) is 34.2 Å². The van der Waals surface area contributed by atoms with Gasteiger partial charge in [-0.2, -0.15) is 0 Å². The number of halogens is 1. The van der Waals surface area contributed by atoms with Crippen molar-refractivity contribution < 1.29 is 4.74 Å². The molecule has 1 aromatic rings. The highest BCUT2D eigenvalue weighted by molar-refractivity contribution is 6.33. The van der Waals surface area contributed by atoms with E-state index in [-0.39, 0.29) is 0 Å². The lowest BCUT2D eigenvalue weighted by molar-refractivity contribution is 0.299. The molecular formula is C11H13ClN2O. The van der Waals surface area contributed by atoms with Crippen LogP contribution in [0.4, 0.5) is 5.69 Å². The summed E-state index contributed by atoms with van der Waals surface area (Å²) in [6.07, 6.45) is 1.15. The molecule has 0 bridgehead atoms. The fourth-order valence-electron chi connectivity index (χ4n) is 1.26. The number of nitrogen functional groups attached to an aromatic ring is 1. The van der Waals surface area contributed by atoms with Crippen molar-refractivity contribution in [2.45, 2.75) is 6.92 Å². The number of nitrogens with two attached hydrogens (primary N) is 1. The first-order valence-corrected chi connectivity index (χ1v) is 4.90. The summed E-state index contributed by atoms with van der Waals surface area (Å²) in [7, 11) is 0. The fourth-order valence-corrected chi connectivity index (χ4v) is 1.43. The number of rotatable bonds is 4. The maximum atomic E-state index is 7.29. The van der Waals surface area contributed by atoms with Gasteiger partial charge in [0.2, 0.25) is 0 Å². The second-order valence-electron chi connectivity index (χ2n) is 2.92. The Balaban J connectivity index is 3.24. The van der Waals surface area contributed by atoms with E-state index in [4.69, 9.17) is 27.5 Å². The van der Waals surface area contributed by atoms with Gasteiger partial charge < -0.3 is 15.9 Å². The summed E-state index contributed by atoms with van der Waals surface area (Å²) < 4.78 is 5.27. The molecule has 0 saturated heterocycles. The van der Waals surface area contributed by atoms with Crippen molar-refractivity contribution in [2.75, 3.05) is 12.3 Å². The van der Waals surface area contributed by atoms with Crippen molar-refractivity contribution in [3.05, 3.63) is 34.9 Å². The van der Waals surface area contributed by atoms with Crippen LogP contribution in [0.5, 0.6) is 0 Å². The van der Waals surface area contributed by atoms with Crippen molar-refractivity contribution in [2.24, 2.45) is 0 Å². The average Bonchev–Trinajstić information content (AvgIpc) is 2.22. The minimum absolute atomic E-state index is 0.380. The molecule has 0 aromatic heterocycles. The smallest absolute Gasteiger partial charge is 0.120 e. The molecule has 0 radical (unpaired) electrons. The molecule has 1 rings (SSSR count). The van der Waals surface area contributed by atoms with Crippen LogP contribution in [0.1, 0.15) is 18.1 Å². The maximum absolute atomic E-state index is 7.29. The molecule has 0 saturated carbocycles. The van der Waals surface area contributed by atoms with E-state index < -0.39 is 0 Å². The highest BCUT2D eigenvalue weighted by atomic mass is 35.5. The van der Waals surface area contributed by atoms with E-state index in [1.54, 1.807) is 12.1 Å². The Kier molecular flexibility index (Phi) is 3.74. The summed E-state index contributed by atoms with van der Waals surface area (Å²) in [5.41, 5.74) is 7.37. The quantitative estimate of drug-likeness (QED) is 0.469. The van der Waals surface area contributed by atoms with E-state index in [9.17, 15) is 0 Å². The van der Waals surface area contributed by atoms with Gasteiger partial charge in [-0.25, -0.2) is 0 Å². The number of ether oxygens (including phenoxy) is 1. The van der Waals surface area contributed by atoms with Gasteiger partial charge in [-0.1, -0.05) is 18.2 Å². The third kappa shape index (κ3) is 2.30. The molecule has 3 N–H and O–H groups in total. The van der Waals surface area contributed by atoms with Gasteiger partial charge in [-0.15, -0.1) is 0 Å². The zero-order chi connectivity index (χ0) is 11.4. The molecule has 15 heavy (non-hydrogen) atoms. The van der Waals surface area contributed by atoms with E-state index >= 15 is 0 Å². The molecule has 0 atom stereocenters. The summed E-state index contributed by atoms with van der Waals surface area (Å²) in [5, 5.41) is 7.72. The number of benzene rings is 1. The Morgan fingerprint density at radius 3 is 2.87 bits per heavy atom. The van der Waals surface area contributed by atoms with Gasteiger partial charge in [0.25, 0.3) is 0 Å². The molecule has 0 heterocycles. The van der Waals surface area contributed by atoms with Crippen LogP contribution < -0.4 is 5.73 Å². The highest BCUT2D eigenvalue weighted by Gasteiger charge is 2.10. The number of anilines is 1. The molecule has 4 heteroatoms. The zero-order valence-corrected chi connectivity index (χ0v) is 9.27. The monoisotopic (exact) mass is 224 g/mol. The van der Waals surface area contributed by atoms with Crippen molar-refractivity contribution in [3.63, 3.8) is 0 Å². The standard InChI is InChI=1S/C11H13ClN2O/c1-3-15-7(2)8-4-5-10(12)11(14)9(8)6-13/h4-6,13H,2-3,14H2,1H3. The summed E-state index contributed by atoms with van der Waals surface area (Å²) in [4.78, 5) is 0. The Labute approximate surface area is 94.0 Å². The van der Waals surface area contributed by atoms with Crippen LogP contribution in [0.2, 0.25) is 5.02 Å². The first-order valence-electron chi connectivity index (χ1n) is 4.52. The zero-order valence-electron chi connectivity index (χ0n) is 8.51. The topological polar surface area (TPSA) is 59.1 Å². The minimum Gasteiger partial charge on any atom is -0.494 e. The van der Waals surface area contributed by atoms with Crippen LogP contribution in [0.3, 0.4) is 0 Å². The Morgan fingerprint density at radius 2 is 2.33 bits per heavy atom. The first-order chi connectivity index (χ1) is 7.11. The minimum atomic E-state index is 0.380. The van der Waals surface area contributed by atoms with Gasteiger partial charge in [0.15, 0.2) is 0 Å². The van der Waals surface area contributed by atoms with Gasteiger partial charge in [-0.3, -0.25) is 0 Å². The fraction of sp³-hybridized carbons (Fsp3) is 0.182. The predicted molar refractivity (Wildman–Crippen MR) is 64.4 cm³/mol. The van der Waals surface area contributed by atoms with Crippen LogP contribution in [-0.4, -0.2) is 12.8 Å². The lowest BCUT2D eigenvalue weighted by Gasteiger charge is -2.12. The van der Waals surface area contributed by atoms with Gasteiger partial charge in [0.1, 0.15) is 5.76 Å². The summed E-state index contributed by atoms with van der Waals surface area (Å²) in [6, 6.07) is 3.42. The third-order valence-corrected chi connectivity index (χ3v) is 2.33. The molecule has 0 aliphatic rings. The van der Waals surface area contributed by atoms with Gasteiger partial charge in [-0.05, 0) is 19.1 Å². The molecule has 0 aliphatic heterocycles. The van der Waals surface area contributed by atoms with Crippen molar-refractivity contribution in [3.8, 4) is 0 Å². The molecule has 0 fully saturated rings. The lowest BCUT2D eigenvalue weighted by Crippen LogP contribution is -2.01. The van der Waals surface area contributed by atoms with Crippen LogP contribution in [0.25, 0.3) is 5.76 Å². The molecule has 3 nitrogen and oxygen atoms in total. The maximum Gasteiger partial charge on any atom is 0.120 e. The number of hydrogen-bond donors (Lipinski definition) is 2. The summed E-state index contributed by atoms with van der Waals surface area (Å²) in [6.45, 7) is 6.17. The van der Waals surface area contributed by atoms with Gasteiger partial charge in [0, 0.05) is 17.3 Å². The van der Waals surface area contributed by atoms with E-state index in [0.717, 1.165) is 6.21 Å². The predicted octanol–water partition coefficient (Wildman–Crippen LogP) is 2.93. The van der Waals surface area contributed by atoms with E-state index in [1.165, 1.54) is 0 Å². The second kappa shape index (κ2) is 4.84. The Hall–Kier alpha value is -1.48. The second-order valence-corrected chi connectivity index (χ2v) is 3.33. The lowest BCUT2D eigenvalue weighted by atomic mass is 10.1. The normalized spacial score (nSPS) is 9.73. The van der Waals surface area contributed by atoms with E-state index in [2.05, 4.69) is 6.58 Å². The van der Waals surface area contributed by atoms with Gasteiger partial charge in [0.05, 0.1) is 17.3 Å². The number of hydrogen-bond acceptors (Lipinski definition) is 3. The van der Waals surface area contributed by atoms with Crippen LogP contribution in [0.15, 0.2) is 18.7 Å². The Morgan fingerprint density at radius 1 is 1.67 bits per heavy atom. The number of nitrogens with one attached hydrogen (secondary N) is 1. The largest absolute Gasteiger partial charge is 0.494 e. The van der Waals surface area contributed by atoms with Crippen molar-refractivity contribution in [1.82, 2.24) is 0 Å². The SMILES string of the molecule is C=C(OCC)c1ccc(Cl)c(N)c1C=N. The van der Waals surface area contributed by atoms with Gasteiger partial charge >= 0.3 is 0 Å². The Bertz CT molecular complexity index is 402. The van der Waals surface area contributed by atoms with Crippen molar-refractivity contribution in [1.29, 1.82) is 5.41 Å². The summed E-state index contributed by atoms with van der Waals surface area (Å²) >= 11 is 5.85. The highest BCUT2D eigenvalue weighted by Crippen LogP contribution is 2.28. The van der Waals surface area contributed by atoms with Crippen LogP contribution in [0, 0.1) is 5.41 Å². The van der Waals surface area contributed by atoms with E-state index in [1.807, 2.05) is 6.92 Å². The van der Waals surface area contributed by atoms with Crippen LogP contribution in [-0.2, 0) is 4.74 Å². The van der Waals surface area contributed by atoms with Crippen LogP contribution >= 0.6 is 11.6 Å². The molecule has 0 amide bonds. The molecular weight excluding hydrogens is 212 g/mol. The summed E-state index contributed by atoms with van der Waals surface area (Å²) in [5.74, 6) is 0.499. The molecule has 80 valence electrons.